The molecule has 0 spiro atoms. The number of nitrogens with zero attached hydrogens (tertiary/aromatic N) is 4. The summed E-state index contributed by atoms with van der Waals surface area (Å²) in [4.78, 5) is 17.9. The molecule has 25 heavy (non-hydrogen) atoms. The van der Waals surface area contributed by atoms with E-state index < -0.39 is 0 Å². The van der Waals surface area contributed by atoms with Crippen molar-refractivity contribution in [2.75, 3.05) is 23.6 Å². The van der Waals surface area contributed by atoms with E-state index in [4.69, 9.17) is 23.2 Å². The third-order valence-corrected chi connectivity index (χ3v) is 4.63. The van der Waals surface area contributed by atoms with Gasteiger partial charge in [-0.3, -0.25) is 4.90 Å². The summed E-state index contributed by atoms with van der Waals surface area (Å²) in [5.41, 5.74) is 3.56. The van der Waals surface area contributed by atoms with E-state index in [1.165, 1.54) is 11.9 Å². The summed E-state index contributed by atoms with van der Waals surface area (Å²) in [5, 5.41) is 3.33. The van der Waals surface area contributed by atoms with E-state index in [9.17, 15) is 0 Å². The molecule has 2 aromatic heterocycles. The number of rotatable bonds is 8. The number of halogens is 2. The van der Waals surface area contributed by atoms with Crippen LogP contribution in [0.1, 0.15) is 12.5 Å². The van der Waals surface area contributed by atoms with Gasteiger partial charge in [0, 0.05) is 36.6 Å². The van der Waals surface area contributed by atoms with Gasteiger partial charge in [-0.05, 0) is 24.6 Å². The molecule has 0 saturated heterocycles. The van der Waals surface area contributed by atoms with Crippen LogP contribution in [0.4, 0.5) is 11.5 Å². The standard InChI is InChI=1S/C17H20Cl2N6/c1-12(8-19)25(6-5-18)9-13-3-2-4-14(7-13)24-17-15-16(21-10-20-15)22-11-23-17/h2-4,7,10-12H,5-6,8-9H2,1H3,(H2,20,21,22,23,24). The largest absolute Gasteiger partial charge is 0.340 e. The maximum absolute atomic E-state index is 6.01. The first kappa shape index (κ1) is 17.9. The lowest BCUT2D eigenvalue weighted by atomic mass is 10.1. The Balaban J connectivity index is 1.78. The maximum atomic E-state index is 6.01. The average Bonchev–Trinajstić information content (AvgIpc) is 3.11. The zero-order valence-electron chi connectivity index (χ0n) is 13.9. The van der Waals surface area contributed by atoms with Crippen molar-refractivity contribution < 1.29 is 0 Å². The van der Waals surface area contributed by atoms with Crippen molar-refractivity contribution in [2.45, 2.75) is 19.5 Å². The molecule has 2 N–H and O–H groups in total. The minimum Gasteiger partial charge on any atom is -0.340 e. The number of aromatic nitrogens is 4. The van der Waals surface area contributed by atoms with Gasteiger partial charge < -0.3 is 10.3 Å². The zero-order valence-corrected chi connectivity index (χ0v) is 15.4. The molecule has 8 heteroatoms. The molecule has 0 saturated carbocycles. The molecule has 0 aliphatic rings. The Morgan fingerprint density at radius 1 is 1.24 bits per heavy atom. The molecule has 0 fully saturated rings. The first-order valence-electron chi connectivity index (χ1n) is 8.07. The molecule has 6 nitrogen and oxygen atoms in total. The van der Waals surface area contributed by atoms with Crippen LogP contribution in [0.15, 0.2) is 36.9 Å². The summed E-state index contributed by atoms with van der Waals surface area (Å²) >= 11 is 11.9. The smallest absolute Gasteiger partial charge is 0.182 e. The van der Waals surface area contributed by atoms with Crippen molar-refractivity contribution in [2.24, 2.45) is 0 Å². The van der Waals surface area contributed by atoms with E-state index in [2.05, 4.69) is 49.2 Å². The number of hydrogen-bond donors (Lipinski definition) is 2. The lowest BCUT2D eigenvalue weighted by molar-refractivity contribution is 0.229. The first-order chi connectivity index (χ1) is 12.2. The second-order valence-electron chi connectivity index (χ2n) is 5.81. The highest BCUT2D eigenvalue weighted by Gasteiger charge is 2.13. The van der Waals surface area contributed by atoms with Crippen molar-refractivity contribution in [3.05, 3.63) is 42.5 Å². The van der Waals surface area contributed by atoms with E-state index >= 15 is 0 Å². The van der Waals surface area contributed by atoms with Gasteiger partial charge in [-0.2, -0.15) is 0 Å². The van der Waals surface area contributed by atoms with E-state index in [0.29, 0.717) is 23.2 Å². The minimum atomic E-state index is 0.267. The van der Waals surface area contributed by atoms with Gasteiger partial charge in [0.1, 0.15) is 11.8 Å². The number of alkyl halides is 2. The number of aromatic amines is 1. The lowest BCUT2D eigenvalue weighted by Gasteiger charge is -2.27. The number of nitrogens with one attached hydrogen (secondary N) is 2. The highest BCUT2D eigenvalue weighted by atomic mass is 35.5. The van der Waals surface area contributed by atoms with Gasteiger partial charge in [0.25, 0.3) is 0 Å². The fraction of sp³-hybridized carbons (Fsp3) is 0.353. The summed E-state index contributed by atoms with van der Waals surface area (Å²) in [6, 6.07) is 8.49. The van der Waals surface area contributed by atoms with Crippen LogP contribution >= 0.6 is 23.2 Å². The molecule has 0 bridgehead atoms. The lowest BCUT2D eigenvalue weighted by Crippen LogP contribution is -2.35. The van der Waals surface area contributed by atoms with Crippen LogP contribution in [0.3, 0.4) is 0 Å². The third kappa shape index (κ3) is 4.39. The van der Waals surface area contributed by atoms with E-state index in [1.807, 2.05) is 12.1 Å². The zero-order chi connectivity index (χ0) is 17.6. The highest BCUT2D eigenvalue weighted by Crippen LogP contribution is 2.21. The first-order valence-corrected chi connectivity index (χ1v) is 9.14. The van der Waals surface area contributed by atoms with Gasteiger partial charge >= 0.3 is 0 Å². The predicted octanol–water partition coefficient (Wildman–Crippen LogP) is 3.76. The van der Waals surface area contributed by atoms with Crippen molar-refractivity contribution in [3.8, 4) is 0 Å². The van der Waals surface area contributed by atoms with Gasteiger partial charge in [-0.25, -0.2) is 15.0 Å². The summed E-state index contributed by atoms with van der Waals surface area (Å²) in [6.07, 6.45) is 3.11. The molecule has 132 valence electrons. The van der Waals surface area contributed by atoms with Crippen molar-refractivity contribution in [3.63, 3.8) is 0 Å². The van der Waals surface area contributed by atoms with Crippen molar-refractivity contribution >= 4 is 45.9 Å². The SMILES string of the molecule is CC(CCl)N(CCCl)Cc1cccc(Nc2ncnc3nc[nH]c23)c1. The molecular weight excluding hydrogens is 359 g/mol. The molecule has 0 aliphatic heterocycles. The number of H-pyrrole nitrogens is 1. The number of benzene rings is 1. The van der Waals surface area contributed by atoms with E-state index in [0.717, 1.165) is 24.3 Å². The second kappa shape index (κ2) is 8.47. The Hall–Kier alpha value is -1.89. The third-order valence-electron chi connectivity index (χ3n) is 4.02. The van der Waals surface area contributed by atoms with Gasteiger partial charge in [0.05, 0.1) is 6.33 Å². The Morgan fingerprint density at radius 3 is 2.92 bits per heavy atom. The Labute approximate surface area is 156 Å². The van der Waals surface area contributed by atoms with Gasteiger partial charge in [0.2, 0.25) is 0 Å². The summed E-state index contributed by atoms with van der Waals surface area (Å²) in [5.74, 6) is 1.86. The minimum absolute atomic E-state index is 0.267. The fourth-order valence-corrected chi connectivity index (χ4v) is 3.05. The van der Waals surface area contributed by atoms with Crippen LogP contribution in [0.5, 0.6) is 0 Å². The van der Waals surface area contributed by atoms with Crippen molar-refractivity contribution in [1.82, 2.24) is 24.8 Å². The maximum Gasteiger partial charge on any atom is 0.182 e. The Morgan fingerprint density at radius 2 is 2.12 bits per heavy atom. The van der Waals surface area contributed by atoms with Crippen LogP contribution in [0.2, 0.25) is 0 Å². The van der Waals surface area contributed by atoms with Gasteiger partial charge in [0.15, 0.2) is 11.5 Å². The predicted molar refractivity (Wildman–Crippen MR) is 103 cm³/mol. The number of imidazole rings is 1. The molecule has 2 heterocycles. The normalized spacial score (nSPS) is 12.6. The molecule has 0 radical (unpaired) electrons. The highest BCUT2D eigenvalue weighted by molar-refractivity contribution is 6.18. The monoisotopic (exact) mass is 378 g/mol. The van der Waals surface area contributed by atoms with Gasteiger partial charge in [-0.1, -0.05) is 12.1 Å². The quantitative estimate of drug-likeness (QED) is 0.583. The second-order valence-corrected chi connectivity index (χ2v) is 6.50. The van der Waals surface area contributed by atoms with Crippen LogP contribution in [-0.2, 0) is 6.54 Å². The van der Waals surface area contributed by atoms with Crippen LogP contribution in [0, 0.1) is 0 Å². The Kier molecular flexibility index (Phi) is 6.07. The van der Waals surface area contributed by atoms with E-state index in [1.54, 1.807) is 6.33 Å². The van der Waals surface area contributed by atoms with E-state index in [-0.39, 0.29) is 6.04 Å². The van der Waals surface area contributed by atoms with Crippen molar-refractivity contribution in [1.29, 1.82) is 0 Å². The number of anilines is 2. The van der Waals surface area contributed by atoms with Crippen LogP contribution in [0.25, 0.3) is 11.2 Å². The number of hydrogen-bond acceptors (Lipinski definition) is 5. The summed E-state index contributed by atoms with van der Waals surface area (Å²) < 4.78 is 0. The summed E-state index contributed by atoms with van der Waals surface area (Å²) in [6.45, 7) is 3.70. The number of fused-ring (bicyclic) bond motifs is 1. The molecule has 3 aromatic rings. The molecule has 0 amide bonds. The molecular formula is C17H20Cl2N6. The fourth-order valence-electron chi connectivity index (χ4n) is 2.64. The molecule has 0 aliphatic carbocycles. The molecule has 1 atom stereocenters. The van der Waals surface area contributed by atoms with Gasteiger partial charge in [-0.15, -0.1) is 23.2 Å². The molecule has 3 rings (SSSR count). The Bertz CT molecular complexity index is 822. The average molecular weight is 379 g/mol. The summed E-state index contributed by atoms with van der Waals surface area (Å²) in [7, 11) is 0. The van der Waals surface area contributed by atoms with Crippen LogP contribution < -0.4 is 5.32 Å². The topological polar surface area (TPSA) is 69.7 Å². The molecule has 1 aromatic carbocycles. The molecule has 1 unspecified atom stereocenters. The van der Waals surface area contributed by atoms with Crippen LogP contribution in [-0.4, -0.2) is 49.2 Å².